The molecule has 4 rings (SSSR count). The fourth-order valence-corrected chi connectivity index (χ4v) is 4.31. The smallest absolute Gasteiger partial charge is 0.232 e. The minimum atomic E-state index is -0.308. The summed E-state index contributed by atoms with van der Waals surface area (Å²) in [5.74, 6) is 0.995. The number of carbonyl (C=O) groups excluding carboxylic acids is 1. The average molecular weight is 311 g/mol. The first-order valence-corrected chi connectivity index (χ1v) is 8.35. The molecular formula is C17H17N3OS. The Morgan fingerprint density at radius 3 is 2.77 bits per heavy atom. The van der Waals surface area contributed by atoms with Crippen molar-refractivity contribution >= 4 is 22.4 Å². The van der Waals surface area contributed by atoms with Crippen LogP contribution < -0.4 is 5.32 Å². The van der Waals surface area contributed by atoms with Crippen LogP contribution in [0.5, 0.6) is 0 Å². The summed E-state index contributed by atoms with van der Waals surface area (Å²) >= 11 is 1.42. The molecule has 2 bridgehead atoms. The van der Waals surface area contributed by atoms with E-state index in [1.807, 2.05) is 30.3 Å². The number of hydrogen-bond acceptors (Lipinski definition) is 4. The van der Waals surface area contributed by atoms with Crippen LogP contribution in [0.4, 0.5) is 5.13 Å². The van der Waals surface area contributed by atoms with Gasteiger partial charge in [0.15, 0.2) is 0 Å². The van der Waals surface area contributed by atoms with Gasteiger partial charge in [-0.2, -0.15) is 0 Å². The number of aromatic nitrogens is 2. The van der Waals surface area contributed by atoms with E-state index in [9.17, 15) is 4.79 Å². The highest BCUT2D eigenvalue weighted by molar-refractivity contribution is 7.18. The zero-order valence-corrected chi connectivity index (χ0v) is 13.1. The Kier molecular flexibility index (Phi) is 3.11. The molecule has 1 amide bonds. The fourth-order valence-electron chi connectivity index (χ4n) is 3.57. The monoisotopic (exact) mass is 311 g/mol. The van der Waals surface area contributed by atoms with E-state index in [2.05, 4.69) is 34.6 Å². The number of allylic oxidation sites excluding steroid dienone is 2. The molecule has 4 nitrogen and oxygen atoms in total. The lowest BCUT2D eigenvalue weighted by molar-refractivity contribution is -0.126. The fraction of sp³-hybridized carbons (Fsp3) is 0.353. The first kappa shape index (κ1) is 13.6. The van der Waals surface area contributed by atoms with E-state index in [-0.39, 0.29) is 11.3 Å². The molecule has 2 aliphatic rings. The first-order chi connectivity index (χ1) is 10.6. The number of anilines is 1. The molecule has 0 unspecified atom stereocenters. The maximum absolute atomic E-state index is 12.7. The molecule has 112 valence electrons. The van der Waals surface area contributed by atoms with Crippen molar-refractivity contribution in [2.24, 2.45) is 17.3 Å². The van der Waals surface area contributed by atoms with Crippen LogP contribution in [0.15, 0.2) is 42.5 Å². The lowest BCUT2D eigenvalue weighted by atomic mass is 9.77. The van der Waals surface area contributed by atoms with Gasteiger partial charge in [0.25, 0.3) is 0 Å². The molecule has 22 heavy (non-hydrogen) atoms. The van der Waals surface area contributed by atoms with Gasteiger partial charge >= 0.3 is 0 Å². The van der Waals surface area contributed by atoms with E-state index < -0.39 is 0 Å². The molecule has 1 aromatic heterocycles. The Labute approximate surface area is 133 Å². The van der Waals surface area contributed by atoms with Crippen molar-refractivity contribution in [3.8, 4) is 10.6 Å². The zero-order valence-electron chi connectivity index (χ0n) is 12.3. The van der Waals surface area contributed by atoms with Crippen LogP contribution in [0.3, 0.4) is 0 Å². The highest BCUT2D eigenvalue weighted by atomic mass is 32.1. The largest absolute Gasteiger partial charge is 0.300 e. The Bertz CT molecular complexity index is 739. The van der Waals surface area contributed by atoms with Crippen LogP contribution in [-0.2, 0) is 4.79 Å². The van der Waals surface area contributed by atoms with Crippen LogP contribution in [0.2, 0.25) is 0 Å². The third-order valence-electron chi connectivity index (χ3n) is 4.86. The van der Waals surface area contributed by atoms with Crippen LogP contribution in [-0.4, -0.2) is 16.1 Å². The number of hydrogen-bond donors (Lipinski definition) is 1. The minimum Gasteiger partial charge on any atom is -0.300 e. The maximum atomic E-state index is 12.7. The molecule has 1 saturated carbocycles. The van der Waals surface area contributed by atoms with Gasteiger partial charge in [0.2, 0.25) is 11.0 Å². The molecule has 1 N–H and O–H groups in total. The second kappa shape index (κ2) is 5.02. The van der Waals surface area contributed by atoms with Gasteiger partial charge in [0.1, 0.15) is 5.01 Å². The molecule has 1 aromatic carbocycles. The van der Waals surface area contributed by atoms with Crippen molar-refractivity contribution < 1.29 is 4.79 Å². The van der Waals surface area contributed by atoms with E-state index in [1.165, 1.54) is 11.3 Å². The third-order valence-corrected chi connectivity index (χ3v) is 5.75. The normalized spacial score (nSPS) is 29.0. The van der Waals surface area contributed by atoms with Crippen molar-refractivity contribution in [2.75, 3.05) is 5.32 Å². The molecule has 0 radical (unpaired) electrons. The van der Waals surface area contributed by atoms with Crippen LogP contribution >= 0.6 is 11.3 Å². The number of rotatable bonds is 3. The minimum absolute atomic E-state index is 0.0695. The SMILES string of the molecule is C[C@@]1(C(=O)Nc2nnc(-c3ccccc3)s2)C[C@H]2C=C[C@H]1C2. The summed E-state index contributed by atoms with van der Waals surface area (Å²) in [7, 11) is 0. The van der Waals surface area contributed by atoms with Crippen molar-refractivity contribution in [3.05, 3.63) is 42.5 Å². The molecule has 0 saturated heterocycles. The summed E-state index contributed by atoms with van der Waals surface area (Å²) in [6, 6.07) is 9.90. The van der Waals surface area contributed by atoms with Crippen LogP contribution in [0.25, 0.3) is 10.6 Å². The highest BCUT2D eigenvalue weighted by Gasteiger charge is 2.50. The Morgan fingerprint density at radius 2 is 2.09 bits per heavy atom. The van der Waals surface area contributed by atoms with Gasteiger partial charge in [-0.15, -0.1) is 10.2 Å². The van der Waals surface area contributed by atoms with Crippen LogP contribution in [0.1, 0.15) is 19.8 Å². The van der Waals surface area contributed by atoms with Crippen molar-refractivity contribution in [1.82, 2.24) is 10.2 Å². The molecule has 0 aliphatic heterocycles. The van der Waals surface area contributed by atoms with Gasteiger partial charge in [-0.05, 0) is 24.7 Å². The average Bonchev–Trinajstić information content (AvgIpc) is 3.24. The summed E-state index contributed by atoms with van der Waals surface area (Å²) in [6.45, 7) is 2.07. The maximum Gasteiger partial charge on any atom is 0.232 e. The highest BCUT2D eigenvalue weighted by Crippen LogP contribution is 2.52. The van der Waals surface area contributed by atoms with Gasteiger partial charge in [-0.1, -0.05) is 60.7 Å². The molecule has 1 fully saturated rings. The summed E-state index contributed by atoms with van der Waals surface area (Å²) in [5, 5.41) is 12.7. The topological polar surface area (TPSA) is 54.9 Å². The number of nitrogens with one attached hydrogen (secondary N) is 1. The van der Waals surface area contributed by atoms with Gasteiger partial charge in [0.05, 0.1) is 5.41 Å². The molecule has 2 aliphatic carbocycles. The molecule has 1 heterocycles. The predicted molar refractivity (Wildman–Crippen MR) is 87.4 cm³/mol. The molecule has 5 heteroatoms. The summed E-state index contributed by atoms with van der Waals surface area (Å²) in [6.07, 6.45) is 6.49. The predicted octanol–water partition coefficient (Wildman–Crippen LogP) is 3.75. The Balaban J connectivity index is 1.51. The van der Waals surface area contributed by atoms with Gasteiger partial charge in [-0.3, -0.25) is 4.79 Å². The van der Waals surface area contributed by atoms with Crippen molar-refractivity contribution in [2.45, 2.75) is 19.8 Å². The number of benzene rings is 1. The van der Waals surface area contributed by atoms with Crippen LogP contribution in [0, 0.1) is 17.3 Å². The van der Waals surface area contributed by atoms with E-state index in [0.717, 1.165) is 23.4 Å². The molecule has 3 atom stereocenters. The molecular weight excluding hydrogens is 294 g/mol. The summed E-state index contributed by atoms with van der Waals surface area (Å²) in [5.41, 5.74) is 0.715. The number of fused-ring (bicyclic) bond motifs is 2. The van der Waals surface area contributed by atoms with Gasteiger partial charge in [0, 0.05) is 5.56 Å². The number of amides is 1. The second-order valence-corrected chi connectivity index (χ2v) is 7.32. The Hall–Kier alpha value is -2.01. The van der Waals surface area contributed by atoms with Gasteiger partial charge < -0.3 is 5.32 Å². The lowest BCUT2D eigenvalue weighted by Gasteiger charge is -2.29. The standard InChI is InChI=1S/C17H17N3OS/c1-17(10-11-7-8-13(17)9-11)15(21)18-16-20-19-14(22-16)12-5-3-2-4-6-12/h2-8,11,13H,9-10H2,1H3,(H,18,20,21)/t11-,13-,17+/m0/s1. The van der Waals surface area contributed by atoms with E-state index in [4.69, 9.17) is 0 Å². The lowest BCUT2D eigenvalue weighted by Crippen LogP contribution is -2.36. The van der Waals surface area contributed by atoms with Crippen molar-refractivity contribution in [1.29, 1.82) is 0 Å². The first-order valence-electron chi connectivity index (χ1n) is 7.54. The summed E-state index contributed by atoms with van der Waals surface area (Å²) in [4.78, 5) is 12.7. The molecule has 0 spiro atoms. The van der Waals surface area contributed by atoms with Crippen molar-refractivity contribution in [3.63, 3.8) is 0 Å². The van der Waals surface area contributed by atoms with E-state index >= 15 is 0 Å². The number of carbonyl (C=O) groups is 1. The third kappa shape index (κ3) is 2.16. The van der Waals surface area contributed by atoms with E-state index in [0.29, 0.717) is 17.0 Å². The second-order valence-electron chi connectivity index (χ2n) is 6.34. The quantitative estimate of drug-likeness (QED) is 0.878. The van der Waals surface area contributed by atoms with Gasteiger partial charge in [-0.25, -0.2) is 0 Å². The molecule has 2 aromatic rings. The number of nitrogens with zero attached hydrogens (tertiary/aromatic N) is 2. The summed E-state index contributed by atoms with van der Waals surface area (Å²) < 4.78 is 0. The zero-order chi connectivity index (χ0) is 15.2. The Morgan fingerprint density at radius 1 is 1.27 bits per heavy atom. The van der Waals surface area contributed by atoms with E-state index in [1.54, 1.807) is 0 Å².